The lowest BCUT2D eigenvalue weighted by molar-refractivity contribution is -0.123. The molecule has 5 aromatic carbocycles. The minimum atomic E-state index is -1.61. The van der Waals surface area contributed by atoms with E-state index in [4.69, 9.17) is 4.74 Å². The number of anilines is 1. The van der Waals surface area contributed by atoms with E-state index in [1.165, 1.54) is 0 Å². The molecule has 0 fully saturated rings. The molecule has 5 aromatic rings. The van der Waals surface area contributed by atoms with Crippen molar-refractivity contribution in [3.8, 4) is 5.75 Å². The van der Waals surface area contributed by atoms with E-state index in [2.05, 4.69) is 41.1 Å². The summed E-state index contributed by atoms with van der Waals surface area (Å²) >= 11 is 0. The smallest absolute Gasteiger partial charge is 0.258 e. The highest BCUT2D eigenvalue weighted by Gasteiger charge is 2.60. The van der Waals surface area contributed by atoms with Gasteiger partial charge < -0.3 is 4.74 Å². The summed E-state index contributed by atoms with van der Waals surface area (Å²) in [6.45, 7) is 5.72. The van der Waals surface area contributed by atoms with Crippen LogP contribution >= 0.6 is 0 Å². The van der Waals surface area contributed by atoms with Crippen molar-refractivity contribution < 1.29 is 13.7 Å². The highest BCUT2D eigenvalue weighted by molar-refractivity contribution is 7.84. The number of hydrogen-bond acceptors (Lipinski definition) is 3. The minimum Gasteiger partial charge on any atom is -0.497 e. The van der Waals surface area contributed by atoms with Gasteiger partial charge in [-0.1, -0.05) is 121 Å². The average molecular weight is 601 g/mol. The lowest BCUT2D eigenvalue weighted by Crippen LogP contribution is -2.59. The van der Waals surface area contributed by atoms with Gasteiger partial charge in [-0.15, -0.1) is 0 Å². The largest absolute Gasteiger partial charge is 0.497 e. The Morgan fingerprint density at radius 3 is 1.57 bits per heavy atom. The summed E-state index contributed by atoms with van der Waals surface area (Å²) in [6, 6.07) is 45.7. The molecule has 0 radical (unpaired) electrons. The van der Waals surface area contributed by atoms with Crippen LogP contribution in [0.2, 0.25) is 0 Å². The van der Waals surface area contributed by atoms with Gasteiger partial charge in [0.2, 0.25) is 0 Å². The highest BCUT2D eigenvalue weighted by Crippen LogP contribution is 2.54. The first kappa shape index (κ1) is 29.5. The molecule has 1 amide bonds. The third kappa shape index (κ3) is 4.66. The maximum Gasteiger partial charge on any atom is 0.258 e. The fourth-order valence-corrected chi connectivity index (χ4v) is 7.11. The number of benzene rings is 5. The van der Waals surface area contributed by atoms with Crippen LogP contribution in [0.5, 0.6) is 5.75 Å². The summed E-state index contributed by atoms with van der Waals surface area (Å²) in [7, 11) is 0.00844. The molecule has 1 heterocycles. The molecule has 1 N–H and O–H groups in total. The van der Waals surface area contributed by atoms with Gasteiger partial charge in [-0.3, -0.25) is 9.69 Å². The van der Waals surface area contributed by atoms with Gasteiger partial charge in [-0.2, -0.15) is 0 Å². The normalized spacial score (nSPS) is 17.3. The van der Waals surface area contributed by atoms with E-state index in [0.717, 1.165) is 27.9 Å². The zero-order chi connectivity index (χ0) is 31.0. The number of nitrogens with zero attached hydrogens (tertiary/aromatic N) is 1. The monoisotopic (exact) mass is 600 g/mol. The van der Waals surface area contributed by atoms with Crippen LogP contribution in [-0.2, 0) is 26.9 Å². The quantitative estimate of drug-likeness (QED) is 0.190. The number of amides is 1. The van der Waals surface area contributed by atoms with Gasteiger partial charge in [-0.25, -0.2) is 8.93 Å². The van der Waals surface area contributed by atoms with Gasteiger partial charge in [0.25, 0.3) is 5.91 Å². The van der Waals surface area contributed by atoms with Crippen molar-refractivity contribution in [1.29, 1.82) is 0 Å². The first-order valence-electron chi connectivity index (χ1n) is 14.7. The molecule has 222 valence electrons. The lowest BCUT2D eigenvalue weighted by Gasteiger charge is -2.45. The summed E-state index contributed by atoms with van der Waals surface area (Å²) in [5.41, 5.74) is 2.44. The lowest BCUT2D eigenvalue weighted by atomic mass is 9.75. The van der Waals surface area contributed by atoms with Gasteiger partial charge in [0.05, 0.1) is 28.5 Å². The average Bonchev–Trinajstić information content (AvgIpc) is 3.31. The third-order valence-corrected chi connectivity index (χ3v) is 9.91. The zero-order valence-corrected chi connectivity index (χ0v) is 26.2. The molecule has 1 aliphatic heterocycles. The number of nitrogens with one attached hydrogen (secondary N) is 1. The molecule has 0 saturated carbocycles. The Morgan fingerprint density at radius 2 is 1.11 bits per heavy atom. The molecule has 6 rings (SSSR count). The Kier molecular flexibility index (Phi) is 7.74. The van der Waals surface area contributed by atoms with Crippen LogP contribution in [0.15, 0.2) is 140 Å². The summed E-state index contributed by atoms with van der Waals surface area (Å²) in [5, 5.41) is 0. The Hall–Kier alpha value is -4.52. The maximum atomic E-state index is 15.8. The third-order valence-electron chi connectivity index (χ3n) is 8.31. The van der Waals surface area contributed by atoms with E-state index < -0.39 is 26.8 Å². The fourth-order valence-electron chi connectivity index (χ4n) is 6.21. The molecule has 0 spiro atoms. The second kappa shape index (κ2) is 11.5. The number of methoxy groups -OCH3 is 1. The molecule has 5 nitrogen and oxygen atoms in total. The SMILES string of the molecule is COc1ccc([C@@]2(NS(=O)C(C)(C)C)C(=O)N(C(c3ccccc3)(c3ccccc3)c3ccccc3)c3ccccc32)cc1. The van der Waals surface area contributed by atoms with E-state index in [1.54, 1.807) is 7.11 Å². The Balaban J connectivity index is 1.73. The molecular formula is C38H36N2O3S. The van der Waals surface area contributed by atoms with E-state index in [-0.39, 0.29) is 5.91 Å². The van der Waals surface area contributed by atoms with Crippen molar-refractivity contribution >= 4 is 22.6 Å². The van der Waals surface area contributed by atoms with Crippen molar-refractivity contribution in [2.24, 2.45) is 0 Å². The molecule has 2 atom stereocenters. The number of carbonyl (C=O) groups excluding carboxylic acids is 1. The Labute approximate surface area is 262 Å². The first-order valence-corrected chi connectivity index (χ1v) is 15.8. The Morgan fingerprint density at radius 1 is 0.659 bits per heavy atom. The van der Waals surface area contributed by atoms with Crippen LogP contribution in [0.1, 0.15) is 48.6 Å². The summed E-state index contributed by atoms with van der Waals surface area (Å²) < 4.78 is 22.3. The van der Waals surface area contributed by atoms with Crippen LogP contribution in [0, 0.1) is 0 Å². The standard InChI is InChI=1S/C38H36N2O3S/c1-36(2,3)44(42)39-37(28-24-26-32(43-4)27-25-28)33-22-14-15-23-34(33)40(35(37)41)38(29-16-8-5-9-17-29,30-18-10-6-11-19-30)31-20-12-7-13-21-31/h5-27,39H,1-4H3/t37-,44?/m0/s1. The van der Waals surface area contributed by atoms with Crippen molar-refractivity contribution in [1.82, 2.24) is 4.72 Å². The van der Waals surface area contributed by atoms with Crippen molar-refractivity contribution in [2.45, 2.75) is 36.6 Å². The van der Waals surface area contributed by atoms with Crippen LogP contribution in [-0.4, -0.2) is 22.0 Å². The Bertz CT molecular complexity index is 1690. The number of fused-ring (bicyclic) bond motifs is 1. The predicted molar refractivity (Wildman–Crippen MR) is 178 cm³/mol. The highest BCUT2D eigenvalue weighted by atomic mass is 32.2. The van der Waals surface area contributed by atoms with E-state index in [0.29, 0.717) is 11.3 Å². The summed E-state index contributed by atoms with van der Waals surface area (Å²) in [6.07, 6.45) is 0. The van der Waals surface area contributed by atoms with Crippen molar-refractivity contribution in [3.05, 3.63) is 167 Å². The van der Waals surface area contributed by atoms with E-state index >= 15 is 4.79 Å². The van der Waals surface area contributed by atoms with Gasteiger partial charge in [0.15, 0.2) is 5.54 Å². The molecule has 0 bridgehead atoms. The molecule has 6 heteroatoms. The van der Waals surface area contributed by atoms with Crippen molar-refractivity contribution in [3.63, 3.8) is 0 Å². The van der Waals surface area contributed by atoms with Crippen LogP contribution in [0.25, 0.3) is 0 Å². The van der Waals surface area contributed by atoms with Crippen LogP contribution < -0.4 is 14.4 Å². The molecule has 1 aliphatic rings. The zero-order valence-electron chi connectivity index (χ0n) is 25.4. The predicted octanol–water partition coefficient (Wildman–Crippen LogP) is 7.33. The second-order valence-electron chi connectivity index (χ2n) is 11.9. The van der Waals surface area contributed by atoms with Crippen molar-refractivity contribution in [2.75, 3.05) is 12.0 Å². The number of carbonyl (C=O) groups is 1. The second-order valence-corrected chi connectivity index (χ2v) is 13.9. The molecule has 1 unspecified atom stereocenters. The van der Waals surface area contributed by atoms with Gasteiger partial charge in [0, 0.05) is 5.56 Å². The van der Waals surface area contributed by atoms with Crippen LogP contribution in [0.4, 0.5) is 5.69 Å². The van der Waals surface area contributed by atoms with Crippen LogP contribution in [0.3, 0.4) is 0 Å². The first-order chi connectivity index (χ1) is 21.2. The number of ether oxygens (including phenoxy) is 1. The molecule has 44 heavy (non-hydrogen) atoms. The van der Waals surface area contributed by atoms with E-state index in [1.807, 2.05) is 129 Å². The maximum absolute atomic E-state index is 15.8. The minimum absolute atomic E-state index is 0.224. The molecule has 0 aromatic heterocycles. The van der Waals surface area contributed by atoms with Gasteiger partial charge in [-0.05, 0) is 61.2 Å². The van der Waals surface area contributed by atoms with E-state index in [9.17, 15) is 4.21 Å². The molecular weight excluding hydrogens is 564 g/mol. The number of para-hydroxylation sites is 1. The van der Waals surface area contributed by atoms with Gasteiger partial charge >= 0.3 is 0 Å². The molecule has 0 aliphatic carbocycles. The molecule has 0 saturated heterocycles. The summed E-state index contributed by atoms with van der Waals surface area (Å²) in [5.74, 6) is 0.446. The number of rotatable bonds is 8. The van der Waals surface area contributed by atoms with Gasteiger partial charge in [0.1, 0.15) is 11.3 Å². The topological polar surface area (TPSA) is 58.6 Å². The fraction of sp³-hybridized carbons (Fsp3) is 0.184. The number of hydrogen-bond donors (Lipinski definition) is 1. The summed E-state index contributed by atoms with van der Waals surface area (Å²) in [4.78, 5) is 17.7.